The summed E-state index contributed by atoms with van der Waals surface area (Å²) in [6.07, 6.45) is 1.66. The number of amides is 2. The highest BCUT2D eigenvalue weighted by Crippen LogP contribution is 2.19. The molecule has 0 bridgehead atoms. The Kier molecular flexibility index (Phi) is 2.18. The van der Waals surface area contributed by atoms with Crippen LogP contribution in [0.5, 0.6) is 0 Å². The monoisotopic (exact) mass is 189 g/mol. The Hall–Kier alpha value is -1.84. The number of benzene rings is 1. The quantitative estimate of drug-likeness (QED) is 0.716. The van der Waals surface area contributed by atoms with E-state index < -0.39 is 0 Å². The number of nitrogens with zero attached hydrogens (tertiary/aromatic N) is 2. The van der Waals surface area contributed by atoms with Crippen LogP contribution in [0.4, 0.5) is 10.5 Å². The number of hydrogen-bond donors (Lipinski definition) is 1. The van der Waals surface area contributed by atoms with Crippen molar-refractivity contribution in [3.63, 3.8) is 0 Å². The Bertz CT molecular complexity index is 387. The molecule has 2 rings (SSSR count). The fourth-order valence-corrected chi connectivity index (χ4v) is 1.48. The highest BCUT2D eigenvalue weighted by atomic mass is 16.2. The lowest BCUT2D eigenvalue weighted by atomic mass is 10.2. The maximum Gasteiger partial charge on any atom is 0.342 e. The number of anilines is 1. The van der Waals surface area contributed by atoms with Gasteiger partial charge in [0.05, 0.1) is 11.9 Å². The van der Waals surface area contributed by atoms with Gasteiger partial charge < -0.3 is 0 Å². The van der Waals surface area contributed by atoms with Crippen molar-refractivity contribution in [3.05, 3.63) is 29.8 Å². The van der Waals surface area contributed by atoms with Gasteiger partial charge in [-0.25, -0.2) is 10.2 Å². The van der Waals surface area contributed by atoms with Gasteiger partial charge in [-0.05, 0) is 13.0 Å². The number of hydrogen-bond acceptors (Lipinski definition) is 2. The maximum absolute atomic E-state index is 11.5. The second kappa shape index (κ2) is 3.49. The summed E-state index contributed by atoms with van der Waals surface area (Å²) >= 11 is 0. The van der Waals surface area contributed by atoms with Gasteiger partial charge in [-0.3, -0.25) is 4.90 Å². The molecule has 0 aliphatic carbocycles. The lowest BCUT2D eigenvalue weighted by Crippen LogP contribution is -2.36. The molecule has 0 atom stereocenters. The van der Waals surface area contributed by atoms with E-state index in [-0.39, 0.29) is 6.03 Å². The molecule has 1 aromatic carbocycles. The number of carbonyl (C=O) groups excluding carboxylic acids is 1. The van der Waals surface area contributed by atoms with Crippen LogP contribution in [0.2, 0.25) is 0 Å². The largest absolute Gasteiger partial charge is 0.342 e. The molecule has 0 aromatic heterocycles. The van der Waals surface area contributed by atoms with Crippen molar-refractivity contribution in [2.24, 2.45) is 5.10 Å². The van der Waals surface area contributed by atoms with Crippen LogP contribution in [0.3, 0.4) is 0 Å². The van der Waals surface area contributed by atoms with E-state index in [1.165, 1.54) is 0 Å². The molecule has 1 aromatic rings. The SMILES string of the molecule is CCN1C(=O)NN=Cc2ccccc21. The van der Waals surface area contributed by atoms with Gasteiger partial charge >= 0.3 is 6.03 Å². The van der Waals surface area contributed by atoms with Crippen molar-refractivity contribution in [3.8, 4) is 0 Å². The summed E-state index contributed by atoms with van der Waals surface area (Å²) < 4.78 is 0. The Labute approximate surface area is 82.2 Å². The van der Waals surface area contributed by atoms with Crippen molar-refractivity contribution >= 4 is 17.9 Å². The van der Waals surface area contributed by atoms with Gasteiger partial charge in [0.15, 0.2) is 0 Å². The van der Waals surface area contributed by atoms with Crippen LogP contribution in [0.1, 0.15) is 12.5 Å². The average molecular weight is 189 g/mol. The lowest BCUT2D eigenvalue weighted by Gasteiger charge is -2.19. The normalized spacial score (nSPS) is 14.6. The zero-order valence-corrected chi connectivity index (χ0v) is 7.90. The molecule has 1 aliphatic rings. The van der Waals surface area contributed by atoms with Crippen molar-refractivity contribution in [1.82, 2.24) is 5.43 Å². The molecule has 72 valence electrons. The third-order valence-electron chi connectivity index (χ3n) is 2.15. The summed E-state index contributed by atoms with van der Waals surface area (Å²) in [5.74, 6) is 0. The summed E-state index contributed by atoms with van der Waals surface area (Å²) in [4.78, 5) is 13.2. The zero-order chi connectivity index (χ0) is 9.97. The Balaban J connectivity index is 2.51. The Morgan fingerprint density at radius 2 is 2.21 bits per heavy atom. The molecular formula is C10H11N3O. The zero-order valence-electron chi connectivity index (χ0n) is 7.90. The van der Waals surface area contributed by atoms with E-state index in [4.69, 9.17) is 0 Å². The first kappa shape index (κ1) is 8.74. The third-order valence-corrected chi connectivity index (χ3v) is 2.15. The van der Waals surface area contributed by atoms with Crippen LogP contribution in [-0.4, -0.2) is 18.8 Å². The number of hydrazone groups is 1. The average Bonchev–Trinajstić information content (AvgIpc) is 2.36. The molecule has 1 N–H and O–H groups in total. The molecule has 4 nitrogen and oxygen atoms in total. The van der Waals surface area contributed by atoms with E-state index in [0.29, 0.717) is 6.54 Å². The standard InChI is InChI=1S/C10H11N3O/c1-2-13-9-6-4-3-5-8(9)7-11-12-10(13)14/h3-7H,2H2,1H3,(H,12,14). The highest BCUT2D eigenvalue weighted by molar-refractivity contribution is 6.01. The van der Waals surface area contributed by atoms with Gasteiger partial charge in [-0.2, -0.15) is 5.10 Å². The molecular weight excluding hydrogens is 178 g/mol. The molecule has 0 fully saturated rings. The number of para-hydroxylation sites is 1. The molecule has 0 saturated carbocycles. The first-order valence-electron chi connectivity index (χ1n) is 4.52. The van der Waals surface area contributed by atoms with E-state index in [2.05, 4.69) is 10.5 Å². The lowest BCUT2D eigenvalue weighted by molar-refractivity contribution is 0.247. The van der Waals surface area contributed by atoms with Gasteiger partial charge in [-0.15, -0.1) is 0 Å². The summed E-state index contributed by atoms with van der Waals surface area (Å²) in [5.41, 5.74) is 4.30. The number of rotatable bonds is 1. The van der Waals surface area contributed by atoms with Gasteiger partial charge in [0.2, 0.25) is 0 Å². The number of carbonyl (C=O) groups is 1. The van der Waals surface area contributed by atoms with Crippen molar-refractivity contribution < 1.29 is 4.79 Å². The first-order valence-corrected chi connectivity index (χ1v) is 4.52. The molecule has 0 radical (unpaired) electrons. The van der Waals surface area contributed by atoms with Gasteiger partial charge in [0, 0.05) is 12.1 Å². The molecule has 2 amide bonds. The van der Waals surface area contributed by atoms with Crippen molar-refractivity contribution in [2.75, 3.05) is 11.4 Å². The molecule has 14 heavy (non-hydrogen) atoms. The van der Waals surface area contributed by atoms with Crippen molar-refractivity contribution in [1.29, 1.82) is 0 Å². The van der Waals surface area contributed by atoms with E-state index in [1.54, 1.807) is 11.1 Å². The molecule has 0 saturated heterocycles. The van der Waals surface area contributed by atoms with Crippen LogP contribution in [0.25, 0.3) is 0 Å². The topological polar surface area (TPSA) is 44.7 Å². The van der Waals surface area contributed by atoms with Crippen LogP contribution in [0, 0.1) is 0 Å². The number of nitrogens with one attached hydrogen (secondary N) is 1. The van der Waals surface area contributed by atoms with Crippen molar-refractivity contribution in [2.45, 2.75) is 6.92 Å². The molecule has 1 heterocycles. The Morgan fingerprint density at radius 1 is 1.43 bits per heavy atom. The van der Waals surface area contributed by atoms with E-state index in [0.717, 1.165) is 11.3 Å². The van der Waals surface area contributed by atoms with Crippen LogP contribution in [0.15, 0.2) is 29.4 Å². The smallest absolute Gasteiger partial charge is 0.293 e. The minimum Gasteiger partial charge on any atom is -0.293 e. The van der Waals surface area contributed by atoms with Crippen LogP contribution >= 0.6 is 0 Å². The summed E-state index contributed by atoms with van der Waals surface area (Å²) in [6, 6.07) is 7.49. The summed E-state index contributed by atoms with van der Waals surface area (Å²) in [5, 5.41) is 3.83. The molecule has 1 aliphatic heterocycles. The molecule has 0 unspecified atom stereocenters. The molecule has 4 heteroatoms. The van der Waals surface area contributed by atoms with Crippen LogP contribution in [-0.2, 0) is 0 Å². The van der Waals surface area contributed by atoms with Gasteiger partial charge in [0.25, 0.3) is 0 Å². The van der Waals surface area contributed by atoms with E-state index in [9.17, 15) is 4.79 Å². The van der Waals surface area contributed by atoms with Crippen LogP contribution < -0.4 is 10.3 Å². The van der Waals surface area contributed by atoms with Gasteiger partial charge in [-0.1, -0.05) is 18.2 Å². The third kappa shape index (κ3) is 1.35. The minimum atomic E-state index is -0.186. The second-order valence-electron chi connectivity index (χ2n) is 2.98. The maximum atomic E-state index is 11.5. The number of urea groups is 1. The highest BCUT2D eigenvalue weighted by Gasteiger charge is 2.17. The summed E-state index contributed by atoms with van der Waals surface area (Å²) in [6.45, 7) is 2.56. The first-order chi connectivity index (χ1) is 6.83. The van der Waals surface area contributed by atoms with E-state index >= 15 is 0 Å². The Morgan fingerprint density at radius 3 is 3.00 bits per heavy atom. The van der Waals surface area contributed by atoms with E-state index in [1.807, 2.05) is 31.2 Å². The predicted molar refractivity (Wildman–Crippen MR) is 55.6 cm³/mol. The number of fused-ring (bicyclic) bond motifs is 1. The molecule has 0 spiro atoms. The minimum absolute atomic E-state index is 0.186. The fraction of sp³-hybridized carbons (Fsp3) is 0.200. The summed E-state index contributed by atoms with van der Waals surface area (Å²) in [7, 11) is 0. The van der Waals surface area contributed by atoms with Gasteiger partial charge in [0.1, 0.15) is 0 Å². The fourth-order valence-electron chi connectivity index (χ4n) is 1.48. The predicted octanol–water partition coefficient (Wildman–Crippen LogP) is 1.57. The second-order valence-corrected chi connectivity index (χ2v) is 2.98.